The number of hydrogen-bond acceptors (Lipinski definition) is 4. The summed E-state index contributed by atoms with van der Waals surface area (Å²) in [5.74, 6) is -0.124. The van der Waals surface area contributed by atoms with E-state index in [0.717, 1.165) is 0 Å². The first-order chi connectivity index (χ1) is 10.00. The van der Waals surface area contributed by atoms with Crippen molar-refractivity contribution >= 4 is 27.3 Å². The predicted octanol–water partition coefficient (Wildman–Crippen LogP) is 2.59. The molecule has 1 heterocycles. The Bertz CT molecular complexity index is 771. The molecule has 0 radical (unpaired) electrons. The van der Waals surface area contributed by atoms with Gasteiger partial charge in [0.05, 0.1) is 17.0 Å². The number of aryl methyl sites for hydroxylation is 1. The van der Waals surface area contributed by atoms with E-state index in [0.29, 0.717) is 17.1 Å². The normalized spacial score (nSPS) is 10.9. The fourth-order valence-corrected chi connectivity index (χ4v) is 2.96. The van der Waals surface area contributed by atoms with Crippen molar-refractivity contribution in [3.63, 3.8) is 0 Å². The van der Waals surface area contributed by atoms with E-state index in [1.165, 1.54) is 18.2 Å². The average molecular weight is 322 g/mol. The second kappa shape index (κ2) is 6.57. The molecule has 0 aliphatic heterocycles. The third kappa shape index (κ3) is 4.45. The molecule has 2 aromatic rings. The summed E-state index contributed by atoms with van der Waals surface area (Å²) in [5.41, 5.74) is 1.10. The van der Waals surface area contributed by atoms with Crippen molar-refractivity contribution in [1.82, 2.24) is 4.98 Å². The van der Waals surface area contributed by atoms with Gasteiger partial charge in [0.1, 0.15) is 6.07 Å². The van der Waals surface area contributed by atoms with Crippen LogP contribution in [0.2, 0.25) is 5.02 Å². The topological polar surface area (TPSA) is 82.9 Å². The first-order valence-electron chi connectivity index (χ1n) is 6.10. The van der Waals surface area contributed by atoms with E-state index in [1.807, 2.05) is 6.07 Å². The average Bonchev–Trinajstić information content (AvgIpc) is 2.46. The van der Waals surface area contributed by atoms with Crippen molar-refractivity contribution in [3.8, 4) is 6.07 Å². The number of hydrogen-bond donors (Lipinski definition) is 1. The minimum Gasteiger partial charge on any atom is -0.282 e. The molecule has 0 atom stereocenters. The molecule has 0 saturated heterocycles. The molecule has 0 amide bonds. The van der Waals surface area contributed by atoms with Crippen LogP contribution in [0.5, 0.6) is 0 Å². The Labute approximate surface area is 128 Å². The van der Waals surface area contributed by atoms with Gasteiger partial charge in [-0.3, -0.25) is 9.71 Å². The number of nitrogens with zero attached hydrogens (tertiary/aromatic N) is 2. The van der Waals surface area contributed by atoms with Gasteiger partial charge in [0.15, 0.2) is 0 Å². The molecule has 0 fully saturated rings. The van der Waals surface area contributed by atoms with E-state index in [-0.39, 0.29) is 17.0 Å². The first-order valence-corrected chi connectivity index (χ1v) is 8.13. The van der Waals surface area contributed by atoms with Crippen LogP contribution in [0, 0.1) is 11.3 Å². The van der Waals surface area contributed by atoms with E-state index in [9.17, 15) is 8.42 Å². The number of pyridine rings is 1. The highest BCUT2D eigenvalue weighted by Gasteiger charge is 2.14. The Hall–Kier alpha value is -2.10. The lowest BCUT2D eigenvalue weighted by molar-refractivity contribution is 0.600. The molecular weight excluding hydrogens is 310 g/mol. The van der Waals surface area contributed by atoms with Gasteiger partial charge in [-0.15, -0.1) is 0 Å². The Kier molecular flexibility index (Phi) is 4.78. The predicted molar refractivity (Wildman–Crippen MR) is 81.5 cm³/mol. The maximum absolute atomic E-state index is 12.1. The maximum Gasteiger partial charge on any atom is 0.233 e. The smallest absolute Gasteiger partial charge is 0.233 e. The number of sulfonamides is 1. The summed E-state index contributed by atoms with van der Waals surface area (Å²) >= 11 is 5.82. The van der Waals surface area contributed by atoms with Gasteiger partial charge in [0, 0.05) is 23.3 Å². The number of halogens is 1. The molecule has 1 aromatic heterocycles. The van der Waals surface area contributed by atoms with Crippen LogP contribution in [0.1, 0.15) is 11.3 Å². The van der Waals surface area contributed by atoms with Gasteiger partial charge in [-0.25, -0.2) is 8.42 Å². The zero-order valence-corrected chi connectivity index (χ0v) is 12.5. The summed E-state index contributed by atoms with van der Waals surface area (Å²) in [5, 5.41) is 9.33. The Balaban J connectivity index is 2.11. The van der Waals surface area contributed by atoms with Crippen LogP contribution in [0.25, 0.3) is 0 Å². The molecule has 0 unspecified atom stereocenters. The largest absolute Gasteiger partial charge is 0.282 e. The van der Waals surface area contributed by atoms with Crippen LogP contribution < -0.4 is 4.72 Å². The third-order valence-electron chi connectivity index (χ3n) is 2.72. The Morgan fingerprint density at radius 2 is 2.10 bits per heavy atom. The van der Waals surface area contributed by atoms with E-state index >= 15 is 0 Å². The monoisotopic (exact) mass is 321 g/mol. The minimum absolute atomic E-state index is 0.124. The van der Waals surface area contributed by atoms with Gasteiger partial charge >= 0.3 is 0 Å². The second-order valence-corrected chi connectivity index (χ2v) is 6.57. The molecule has 0 saturated carbocycles. The molecular formula is C14H12ClN3O2S. The van der Waals surface area contributed by atoms with Crippen LogP contribution in [-0.4, -0.2) is 19.2 Å². The second-order valence-electron chi connectivity index (χ2n) is 4.29. The van der Waals surface area contributed by atoms with Crippen LogP contribution in [0.4, 0.5) is 5.69 Å². The lowest BCUT2D eigenvalue weighted by Gasteiger charge is -2.09. The highest BCUT2D eigenvalue weighted by atomic mass is 35.5. The van der Waals surface area contributed by atoms with Gasteiger partial charge in [-0.1, -0.05) is 17.7 Å². The third-order valence-corrected chi connectivity index (χ3v) is 4.23. The molecule has 7 heteroatoms. The lowest BCUT2D eigenvalue weighted by atomic mass is 10.2. The molecule has 0 aliphatic carbocycles. The molecule has 1 aromatic carbocycles. The Morgan fingerprint density at radius 3 is 2.76 bits per heavy atom. The minimum atomic E-state index is -3.58. The number of aromatic nitrogens is 1. The molecule has 2 rings (SSSR count). The van der Waals surface area contributed by atoms with Crippen LogP contribution >= 0.6 is 11.6 Å². The van der Waals surface area contributed by atoms with Crippen molar-refractivity contribution in [3.05, 3.63) is 58.9 Å². The van der Waals surface area contributed by atoms with E-state index in [1.54, 1.807) is 24.4 Å². The van der Waals surface area contributed by atoms with Crippen molar-refractivity contribution < 1.29 is 8.42 Å². The first kappa shape index (κ1) is 15.3. The van der Waals surface area contributed by atoms with E-state index in [4.69, 9.17) is 16.9 Å². The lowest BCUT2D eigenvalue weighted by Crippen LogP contribution is -2.19. The molecule has 0 aliphatic rings. The summed E-state index contributed by atoms with van der Waals surface area (Å²) < 4.78 is 26.5. The van der Waals surface area contributed by atoms with E-state index in [2.05, 4.69) is 9.71 Å². The van der Waals surface area contributed by atoms with Gasteiger partial charge < -0.3 is 0 Å². The van der Waals surface area contributed by atoms with Crippen LogP contribution in [0.15, 0.2) is 42.6 Å². The Morgan fingerprint density at radius 1 is 1.29 bits per heavy atom. The summed E-state index contributed by atoms with van der Waals surface area (Å²) in [6, 6.07) is 11.7. The van der Waals surface area contributed by atoms with Crippen molar-refractivity contribution in [1.29, 1.82) is 5.26 Å². The van der Waals surface area contributed by atoms with Crippen LogP contribution in [-0.2, 0) is 16.4 Å². The van der Waals surface area contributed by atoms with Crippen molar-refractivity contribution in [2.75, 3.05) is 10.5 Å². The quantitative estimate of drug-likeness (QED) is 0.917. The molecule has 0 spiro atoms. The number of nitriles is 1. The van der Waals surface area contributed by atoms with Gasteiger partial charge in [-0.2, -0.15) is 5.26 Å². The van der Waals surface area contributed by atoms with Gasteiger partial charge in [-0.05, 0) is 30.3 Å². The highest BCUT2D eigenvalue weighted by Crippen LogP contribution is 2.21. The summed E-state index contributed by atoms with van der Waals surface area (Å²) in [6.07, 6.45) is 1.90. The zero-order chi connectivity index (χ0) is 15.3. The zero-order valence-electron chi connectivity index (χ0n) is 11.0. The van der Waals surface area contributed by atoms with Crippen molar-refractivity contribution in [2.24, 2.45) is 0 Å². The van der Waals surface area contributed by atoms with Crippen LogP contribution in [0.3, 0.4) is 0 Å². The number of rotatable bonds is 5. The fraction of sp³-hybridized carbons (Fsp3) is 0.143. The molecule has 108 valence electrons. The number of benzene rings is 1. The molecule has 0 bridgehead atoms. The van der Waals surface area contributed by atoms with E-state index < -0.39 is 10.0 Å². The summed E-state index contributed by atoms with van der Waals surface area (Å²) in [6.45, 7) is 0. The number of anilines is 1. The fourth-order valence-electron chi connectivity index (χ4n) is 1.70. The molecule has 1 N–H and O–H groups in total. The summed E-state index contributed by atoms with van der Waals surface area (Å²) in [4.78, 5) is 4.07. The van der Waals surface area contributed by atoms with Crippen molar-refractivity contribution in [2.45, 2.75) is 6.42 Å². The standard InChI is InChI=1S/C14H12ClN3O2S/c15-12-5-4-11(10-16)14(9-12)18-21(19,20)8-6-13-3-1-2-7-17-13/h1-5,7,9,18H,6,8H2. The number of nitrogens with one attached hydrogen (secondary N) is 1. The van der Waals surface area contributed by atoms with Gasteiger partial charge in [0.2, 0.25) is 10.0 Å². The molecule has 21 heavy (non-hydrogen) atoms. The SMILES string of the molecule is N#Cc1ccc(Cl)cc1NS(=O)(=O)CCc1ccccn1. The highest BCUT2D eigenvalue weighted by molar-refractivity contribution is 7.92. The van der Waals surface area contributed by atoms with Gasteiger partial charge in [0.25, 0.3) is 0 Å². The molecule has 5 nitrogen and oxygen atoms in total. The maximum atomic E-state index is 12.1. The summed E-state index contributed by atoms with van der Waals surface area (Å²) in [7, 11) is -3.58.